The molecule has 1 amide bonds. The topological polar surface area (TPSA) is 23.6 Å². The van der Waals surface area contributed by atoms with Crippen molar-refractivity contribution in [3.8, 4) is 0 Å². The standard InChI is InChI=1S/C32H58N3O/c1-11-13-16-33(17-14-18-35(8,9)10)31(36)24-34-23-29(21-30(34)22-32(6,7)15-12-2)28-19-25(3)27(5)26(4)20-28/h19-20,29-30H,11-18,21-24H2,1-10H3/q+1/t29?,30-/m1/s1. The maximum atomic E-state index is 13.7. The molecule has 0 saturated carbocycles. The molecular formula is C32H58N3O+. The highest BCUT2D eigenvalue weighted by molar-refractivity contribution is 5.78. The highest BCUT2D eigenvalue weighted by atomic mass is 16.2. The Labute approximate surface area is 224 Å². The Hall–Kier alpha value is -1.39. The van der Waals surface area contributed by atoms with Crippen molar-refractivity contribution in [1.82, 2.24) is 9.80 Å². The predicted molar refractivity (Wildman–Crippen MR) is 156 cm³/mol. The lowest BCUT2D eigenvalue weighted by molar-refractivity contribution is -0.870. The Morgan fingerprint density at radius 1 is 1.03 bits per heavy atom. The van der Waals surface area contributed by atoms with Gasteiger partial charge in [-0.25, -0.2) is 0 Å². The minimum atomic E-state index is 0.307. The van der Waals surface area contributed by atoms with Gasteiger partial charge >= 0.3 is 0 Å². The molecule has 1 saturated heterocycles. The lowest BCUT2D eigenvalue weighted by atomic mass is 9.80. The smallest absolute Gasteiger partial charge is 0.236 e. The average molecular weight is 501 g/mol. The first-order chi connectivity index (χ1) is 16.8. The monoisotopic (exact) mass is 500 g/mol. The highest BCUT2D eigenvalue weighted by Gasteiger charge is 2.37. The van der Waals surface area contributed by atoms with Gasteiger partial charge in [0.15, 0.2) is 0 Å². The summed E-state index contributed by atoms with van der Waals surface area (Å²) in [5.41, 5.74) is 5.97. The summed E-state index contributed by atoms with van der Waals surface area (Å²) < 4.78 is 0.952. The summed E-state index contributed by atoms with van der Waals surface area (Å²) >= 11 is 0. The van der Waals surface area contributed by atoms with E-state index in [1.54, 1.807) is 0 Å². The molecule has 2 atom stereocenters. The van der Waals surface area contributed by atoms with E-state index in [9.17, 15) is 4.79 Å². The number of hydrogen-bond donors (Lipinski definition) is 0. The molecule has 0 aromatic heterocycles. The Bertz CT molecular complexity index is 815. The third-order valence-electron chi connectivity index (χ3n) is 8.39. The average Bonchev–Trinajstić information content (AvgIpc) is 3.14. The van der Waals surface area contributed by atoms with Gasteiger partial charge in [-0.15, -0.1) is 0 Å². The van der Waals surface area contributed by atoms with E-state index < -0.39 is 0 Å². The Morgan fingerprint density at radius 3 is 2.19 bits per heavy atom. The molecule has 1 unspecified atom stereocenters. The highest BCUT2D eigenvalue weighted by Crippen LogP contribution is 2.39. The third-order valence-corrected chi connectivity index (χ3v) is 8.39. The molecule has 206 valence electrons. The fraction of sp³-hybridized carbons (Fsp3) is 0.781. The van der Waals surface area contributed by atoms with Crippen LogP contribution in [0.25, 0.3) is 0 Å². The lowest BCUT2D eigenvalue weighted by Gasteiger charge is -2.34. The molecule has 1 aliphatic heterocycles. The summed E-state index contributed by atoms with van der Waals surface area (Å²) in [6.07, 6.45) is 8.08. The molecule has 4 nitrogen and oxygen atoms in total. The summed E-state index contributed by atoms with van der Waals surface area (Å²) in [4.78, 5) is 18.4. The molecule has 1 aromatic carbocycles. The first-order valence-corrected chi connectivity index (χ1v) is 14.7. The number of hydrogen-bond acceptors (Lipinski definition) is 2. The van der Waals surface area contributed by atoms with Crippen LogP contribution in [0, 0.1) is 26.2 Å². The summed E-state index contributed by atoms with van der Waals surface area (Å²) in [7, 11) is 6.71. The minimum Gasteiger partial charge on any atom is -0.341 e. The zero-order valence-electron chi connectivity index (χ0n) is 25.5. The van der Waals surface area contributed by atoms with Gasteiger partial charge < -0.3 is 9.38 Å². The number of carbonyl (C=O) groups excluding carboxylic acids is 1. The van der Waals surface area contributed by atoms with Crippen molar-refractivity contribution in [3.63, 3.8) is 0 Å². The largest absolute Gasteiger partial charge is 0.341 e. The van der Waals surface area contributed by atoms with Crippen LogP contribution in [-0.2, 0) is 4.79 Å². The van der Waals surface area contributed by atoms with Gasteiger partial charge in [0.2, 0.25) is 5.91 Å². The minimum absolute atomic E-state index is 0.307. The van der Waals surface area contributed by atoms with Crippen LogP contribution in [0.1, 0.15) is 101 Å². The van der Waals surface area contributed by atoms with Crippen LogP contribution in [0.4, 0.5) is 0 Å². The normalized spacial score (nSPS) is 19.2. The Balaban J connectivity index is 2.21. The molecule has 36 heavy (non-hydrogen) atoms. The second kappa shape index (κ2) is 13.4. The van der Waals surface area contributed by atoms with Gasteiger partial charge in [-0.05, 0) is 80.0 Å². The van der Waals surface area contributed by atoms with Crippen LogP contribution >= 0.6 is 0 Å². The molecule has 0 aliphatic carbocycles. The molecule has 4 heteroatoms. The van der Waals surface area contributed by atoms with Crippen LogP contribution < -0.4 is 0 Å². The number of rotatable bonds is 14. The van der Waals surface area contributed by atoms with E-state index in [2.05, 4.69) is 91.5 Å². The second-order valence-corrected chi connectivity index (χ2v) is 13.5. The maximum Gasteiger partial charge on any atom is 0.236 e. The molecule has 2 rings (SSSR count). The van der Waals surface area contributed by atoms with Gasteiger partial charge in [0, 0.05) is 32.1 Å². The van der Waals surface area contributed by atoms with Crippen LogP contribution in [-0.4, -0.2) is 80.1 Å². The summed E-state index contributed by atoms with van der Waals surface area (Å²) in [6, 6.07) is 5.29. The summed E-state index contributed by atoms with van der Waals surface area (Å²) in [5.74, 6) is 0.848. The van der Waals surface area contributed by atoms with Gasteiger partial charge in [0.1, 0.15) is 0 Å². The number of carbonyl (C=O) groups is 1. The molecule has 0 N–H and O–H groups in total. The summed E-state index contributed by atoms with van der Waals surface area (Å²) in [5, 5.41) is 0. The number of nitrogens with zero attached hydrogens (tertiary/aromatic N) is 3. The van der Waals surface area contributed by atoms with Gasteiger partial charge in [0.05, 0.1) is 34.2 Å². The SMILES string of the molecule is CCCCN(CCC[N+](C)(C)C)C(=O)CN1CC(c2cc(C)c(C)c(C)c2)C[C@@H]1CC(C)(C)CCC. The fourth-order valence-electron chi connectivity index (χ4n) is 6.07. The number of quaternary nitrogens is 1. The molecule has 1 aliphatic rings. The number of benzene rings is 1. The van der Waals surface area contributed by atoms with E-state index in [0.717, 1.165) is 49.9 Å². The molecule has 1 aromatic rings. The molecule has 1 fully saturated rings. The van der Waals surface area contributed by atoms with E-state index in [-0.39, 0.29) is 0 Å². The Morgan fingerprint density at radius 2 is 1.64 bits per heavy atom. The van der Waals surface area contributed by atoms with E-state index >= 15 is 0 Å². The van der Waals surface area contributed by atoms with Crippen LogP contribution in [0.15, 0.2) is 12.1 Å². The van der Waals surface area contributed by atoms with E-state index in [1.165, 1.54) is 47.9 Å². The van der Waals surface area contributed by atoms with Gasteiger partial charge in [0.25, 0.3) is 0 Å². The van der Waals surface area contributed by atoms with Crippen molar-refractivity contribution in [2.24, 2.45) is 5.41 Å². The van der Waals surface area contributed by atoms with Crippen molar-refractivity contribution in [2.45, 2.75) is 105 Å². The van der Waals surface area contributed by atoms with Gasteiger partial charge in [-0.3, -0.25) is 9.69 Å². The van der Waals surface area contributed by atoms with Crippen molar-refractivity contribution < 1.29 is 9.28 Å². The maximum absolute atomic E-state index is 13.7. The van der Waals surface area contributed by atoms with Gasteiger partial charge in [-0.1, -0.05) is 52.7 Å². The lowest BCUT2D eigenvalue weighted by Crippen LogP contribution is -2.45. The third kappa shape index (κ3) is 9.49. The number of aryl methyl sites for hydroxylation is 2. The molecule has 0 radical (unpaired) electrons. The van der Waals surface area contributed by atoms with Crippen molar-refractivity contribution in [1.29, 1.82) is 0 Å². The molecule has 1 heterocycles. The first kappa shape index (κ1) is 30.8. The fourth-order valence-corrected chi connectivity index (χ4v) is 6.07. The zero-order valence-corrected chi connectivity index (χ0v) is 25.5. The van der Waals surface area contributed by atoms with Crippen molar-refractivity contribution in [2.75, 3.05) is 53.9 Å². The first-order valence-electron chi connectivity index (χ1n) is 14.7. The van der Waals surface area contributed by atoms with Gasteiger partial charge in [-0.2, -0.15) is 0 Å². The number of amides is 1. The van der Waals surface area contributed by atoms with Crippen LogP contribution in [0.3, 0.4) is 0 Å². The Kier molecular flexibility index (Phi) is 11.5. The second-order valence-electron chi connectivity index (χ2n) is 13.5. The number of likely N-dealkylation sites (tertiary alicyclic amines) is 1. The molecule has 0 bridgehead atoms. The van der Waals surface area contributed by atoms with Crippen LogP contribution in [0.2, 0.25) is 0 Å². The molecule has 0 spiro atoms. The van der Waals surface area contributed by atoms with Crippen molar-refractivity contribution in [3.05, 3.63) is 34.4 Å². The van der Waals surface area contributed by atoms with Crippen LogP contribution in [0.5, 0.6) is 0 Å². The predicted octanol–water partition coefficient (Wildman–Crippen LogP) is 6.71. The van der Waals surface area contributed by atoms with E-state index in [0.29, 0.717) is 29.8 Å². The van der Waals surface area contributed by atoms with Crippen molar-refractivity contribution >= 4 is 5.91 Å². The molecular weight excluding hydrogens is 442 g/mol. The summed E-state index contributed by atoms with van der Waals surface area (Å²) in [6.45, 7) is 20.5. The zero-order chi connectivity index (χ0) is 27.1. The van der Waals surface area contributed by atoms with E-state index in [1.807, 2.05) is 0 Å². The number of unbranched alkanes of at least 4 members (excludes halogenated alkanes) is 1. The quantitative estimate of drug-likeness (QED) is 0.265. The van der Waals surface area contributed by atoms with E-state index in [4.69, 9.17) is 0 Å².